The molecule has 6 heteroatoms. The molecule has 1 aromatic rings. The van der Waals surface area contributed by atoms with Crippen LogP contribution in [0.5, 0.6) is 0 Å². The van der Waals surface area contributed by atoms with E-state index >= 15 is 0 Å². The van der Waals surface area contributed by atoms with Gasteiger partial charge >= 0.3 is 7.12 Å². The number of nitrogens with one attached hydrogen (secondary N) is 1. The number of quaternary nitrogens is 1. The molecular weight excluding hydrogens is 267 g/mol. The molecule has 0 amide bonds. The fourth-order valence-corrected chi connectivity index (χ4v) is 2.61. The summed E-state index contributed by atoms with van der Waals surface area (Å²) in [5.41, 5.74) is 0.350. The molecule has 0 radical (unpaired) electrons. The number of nitrogens with zero attached hydrogens (tertiary/aromatic N) is 1. The molecule has 3 rings (SSSR count). The summed E-state index contributed by atoms with van der Waals surface area (Å²) in [6, 6.07) is 4.13. The normalized spacial score (nSPS) is 25.2. The average molecular weight is 291 g/mol. The lowest BCUT2D eigenvalue weighted by Crippen LogP contribution is -3.09. The molecule has 5 nitrogen and oxygen atoms in total. The van der Waals surface area contributed by atoms with Gasteiger partial charge in [0.05, 0.1) is 24.4 Å². The lowest BCUT2D eigenvalue weighted by molar-refractivity contribution is -0.844. The predicted molar refractivity (Wildman–Crippen MR) is 81.1 cm³/mol. The highest BCUT2D eigenvalue weighted by atomic mass is 16.7. The maximum Gasteiger partial charge on any atom is 0.496 e. The van der Waals surface area contributed by atoms with Gasteiger partial charge in [0.2, 0.25) is 5.82 Å². The first kappa shape index (κ1) is 15.0. The minimum absolute atomic E-state index is 0.314. The summed E-state index contributed by atoms with van der Waals surface area (Å²) in [5, 5.41) is 0. The summed E-state index contributed by atoms with van der Waals surface area (Å²) >= 11 is 0. The van der Waals surface area contributed by atoms with Crippen molar-refractivity contribution in [1.29, 1.82) is 0 Å². The van der Waals surface area contributed by atoms with Crippen LogP contribution in [0.2, 0.25) is 0 Å². The van der Waals surface area contributed by atoms with Gasteiger partial charge in [0, 0.05) is 17.7 Å². The van der Waals surface area contributed by atoms with E-state index in [2.05, 4.69) is 44.8 Å². The molecule has 1 aromatic heterocycles. The molecule has 2 saturated heterocycles. The van der Waals surface area contributed by atoms with Crippen molar-refractivity contribution in [3.8, 4) is 0 Å². The Morgan fingerprint density at radius 3 is 2.19 bits per heavy atom. The van der Waals surface area contributed by atoms with Crippen LogP contribution in [-0.2, 0) is 14.0 Å². The Morgan fingerprint density at radius 1 is 1.05 bits per heavy atom. The highest BCUT2D eigenvalue weighted by Crippen LogP contribution is 2.36. The molecule has 0 aliphatic carbocycles. The average Bonchev–Trinajstić information content (AvgIpc) is 2.69. The molecule has 21 heavy (non-hydrogen) atoms. The van der Waals surface area contributed by atoms with E-state index in [1.165, 1.54) is 4.90 Å². The van der Waals surface area contributed by atoms with Gasteiger partial charge in [-0.25, -0.2) is 4.98 Å². The van der Waals surface area contributed by atoms with Gasteiger partial charge in [0.15, 0.2) is 0 Å². The molecule has 2 fully saturated rings. The van der Waals surface area contributed by atoms with Gasteiger partial charge in [-0.15, -0.1) is 0 Å². The summed E-state index contributed by atoms with van der Waals surface area (Å²) in [7, 11) is -0.337. The maximum absolute atomic E-state index is 6.05. The Hall–Kier alpha value is -0.945. The van der Waals surface area contributed by atoms with Crippen molar-refractivity contribution in [3.63, 3.8) is 0 Å². The van der Waals surface area contributed by atoms with E-state index in [4.69, 9.17) is 14.0 Å². The number of morpholine rings is 1. The molecule has 2 aliphatic heterocycles. The minimum atomic E-state index is -0.337. The van der Waals surface area contributed by atoms with Crippen molar-refractivity contribution >= 4 is 18.4 Å². The lowest BCUT2D eigenvalue weighted by atomic mass is 9.80. The Morgan fingerprint density at radius 2 is 1.67 bits per heavy atom. The number of hydrogen-bond acceptors (Lipinski definition) is 4. The molecule has 2 aliphatic rings. The largest absolute Gasteiger partial charge is 0.496 e. The molecule has 0 spiro atoms. The standard InChI is InChI=1S/C15H23BN2O3/c1-14(2)15(3,4)21-16(20-14)12-5-6-13(17-11-12)18-7-9-19-10-8-18/h5-6,11H,7-10H2,1-4H3/p+1. The van der Waals surface area contributed by atoms with Crippen LogP contribution >= 0.6 is 0 Å². The number of hydrogen-bond donors (Lipinski definition) is 1. The highest BCUT2D eigenvalue weighted by molar-refractivity contribution is 6.62. The molecule has 0 aromatic carbocycles. The minimum Gasteiger partial charge on any atom is -0.399 e. The lowest BCUT2D eigenvalue weighted by Gasteiger charge is -2.32. The van der Waals surface area contributed by atoms with Gasteiger partial charge in [-0.05, 0) is 27.7 Å². The molecular formula is C15H24BN2O3+. The number of aromatic nitrogens is 1. The van der Waals surface area contributed by atoms with Crippen LogP contribution in [0.25, 0.3) is 0 Å². The Balaban J connectivity index is 1.73. The maximum atomic E-state index is 6.05. The highest BCUT2D eigenvalue weighted by Gasteiger charge is 2.51. The number of rotatable bonds is 2. The zero-order valence-corrected chi connectivity index (χ0v) is 13.3. The second-order valence-electron chi connectivity index (χ2n) is 6.78. The van der Waals surface area contributed by atoms with Crippen molar-refractivity contribution in [2.45, 2.75) is 38.9 Å². The van der Waals surface area contributed by atoms with Crippen LogP contribution in [0.15, 0.2) is 18.3 Å². The summed E-state index contributed by atoms with van der Waals surface area (Å²) in [5.74, 6) is 1.07. The third kappa shape index (κ3) is 2.86. The SMILES string of the molecule is CC1(C)OB(c2ccc([NH+]3CCOCC3)nc2)OC1(C)C. The van der Waals surface area contributed by atoms with E-state index in [0.29, 0.717) is 0 Å². The topological polar surface area (TPSA) is 45.0 Å². The van der Waals surface area contributed by atoms with E-state index < -0.39 is 0 Å². The predicted octanol–water partition coefficient (Wildman–Crippen LogP) is -0.0726. The fourth-order valence-electron chi connectivity index (χ4n) is 2.61. The van der Waals surface area contributed by atoms with E-state index in [1.54, 1.807) is 0 Å². The first-order valence-electron chi connectivity index (χ1n) is 7.63. The summed E-state index contributed by atoms with van der Waals surface area (Å²) in [6.45, 7) is 11.8. The van der Waals surface area contributed by atoms with E-state index in [9.17, 15) is 0 Å². The molecule has 0 bridgehead atoms. The van der Waals surface area contributed by atoms with Crippen LogP contribution in [0, 0.1) is 0 Å². The second kappa shape index (κ2) is 5.36. The van der Waals surface area contributed by atoms with Crippen LogP contribution in [0.3, 0.4) is 0 Å². The van der Waals surface area contributed by atoms with Gasteiger partial charge in [0.1, 0.15) is 13.1 Å². The Bertz CT molecular complexity index is 482. The third-order valence-corrected chi connectivity index (χ3v) is 4.77. The zero-order valence-electron chi connectivity index (χ0n) is 13.3. The van der Waals surface area contributed by atoms with E-state index in [1.807, 2.05) is 6.20 Å². The zero-order chi connectivity index (χ0) is 15.1. The van der Waals surface area contributed by atoms with E-state index in [-0.39, 0.29) is 18.3 Å². The van der Waals surface area contributed by atoms with Crippen molar-refractivity contribution in [2.24, 2.45) is 0 Å². The second-order valence-corrected chi connectivity index (χ2v) is 6.78. The summed E-state index contributed by atoms with van der Waals surface area (Å²) in [6.07, 6.45) is 1.87. The van der Waals surface area contributed by atoms with Crippen molar-refractivity contribution in [1.82, 2.24) is 4.98 Å². The van der Waals surface area contributed by atoms with Crippen LogP contribution in [-0.4, -0.2) is 49.6 Å². The Labute approximate surface area is 126 Å². The van der Waals surface area contributed by atoms with Gasteiger partial charge in [-0.3, -0.25) is 4.90 Å². The van der Waals surface area contributed by atoms with Crippen LogP contribution in [0.1, 0.15) is 27.7 Å². The number of pyridine rings is 1. The summed E-state index contributed by atoms with van der Waals surface area (Å²) in [4.78, 5) is 5.97. The van der Waals surface area contributed by atoms with E-state index in [0.717, 1.165) is 37.6 Å². The molecule has 3 heterocycles. The third-order valence-electron chi connectivity index (χ3n) is 4.77. The molecule has 0 saturated carbocycles. The quantitative estimate of drug-likeness (QED) is 0.775. The van der Waals surface area contributed by atoms with Gasteiger partial charge in [-0.2, -0.15) is 0 Å². The van der Waals surface area contributed by atoms with Crippen molar-refractivity contribution in [3.05, 3.63) is 18.3 Å². The smallest absolute Gasteiger partial charge is 0.399 e. The molecule has 114 valence electrons. The van der Waals surface area contributed by atoms with Crippen LogP contribution in [0.4, 0.5) is 5.82 Å². The number of ether oxygens (including phenoxy) is 1. The monoisotopic (exact) mass is 291 g/mol. The fraction of sp³-hybridized carbons (Fsp3) is 0.667. The first-order chi connectivity index (χ1) is 9.89. The first-order valence-corrected chi connectivity index (χ1v) is 7.63. The van der Waals surface area contributed by atoms with Crippen molar-refractivity contribution < 1.29 is 18.9 Å². The van der Waals surface area contributed by atoms with Gasteiger partial charge in [-0.1, -0.05) is 6.07 Å². The molecule has 0 unspecified atom stereocenters. The molecule has 0 atom stereocenters. The Kier molecular flexibility index (Phi) is 3.82. The van der Waals surface area contributed by atoms with Gasteiger partial charge < -0.3 is 14.0 Å². The summed E-state index contributed by atoms with van der Waals surface area (Å²) < 4.78 is 17.5. The van der Waals surface area contributed by atoms with Crippen LogP contribution < -0.4 is 10.4 Å². The molecule has 1 N–H and O–H groups in total. The van der Waals surface area contributed by atoms with Gasteiger partial charge in [0.25, 0.3) is 0 Å². The van der Waals surface area contributed by atoms with Crippen molar-refractivity contribution in [2.75, 3.05) is 26.3 Å².